The molecule has 0 saturated carbocycles. The Labute approximate surface area is 182 Å². The summed E-state index contributed by atoms with van der Waals surface area (Å²) < 4.78 is 45.0. The molecule has 0 radical (unpaired) electrons. The Morgan fingerprint density at radius 2 is 2.00 bits per heavy atom. The molecule has 2 aliphatic rings. The number of hydrogen-bond donors (Lipinski definition) is 1. The monoisotopic (exact) mass is 443 g/mol. The second kappa shape index (κ2) is 8.14. The third kappa shape index (κ3) is 3.63. The molecule has 0 spiro atoms. The number of Topliss-reactive ketones (excluding diaryl/α,β-unsaturated/α-hetero) is 1. The summed E-state index contributed by atoms with van der Waals surface area (Å²) in [6, 6.07) is 8.03. The lowest BCUT2D eigenvalue weighted by atomic mass is 9.75. The number of methoxy groups -OCH3 is 1. The van der Waals surface area contributed by atoms with Crippen molar-refractivity contribution in [1.82, 2.24) is 4.98 Å². The van der Waals surface area contributed by atoms with Crippen molar-refractivity contribution in [1.29, 1.82) is 0 Å². The van der Waals surface area contributed by atoms with Gasteiger partial charge in [-0.25, -0.2) is 4.79 Å². The number of ketones is 1. The number of carbonyl (C=O) groups excluding carboxylic acids is 2. The lowest BCUT2D eigenvalue weighted by Crippen LogP contribution is -2.41. The van der Waals surface area contributed by atoms with E-state index < -0.39 is 23.6 Å². The zero-order valence-electron chi connectivity index (χ0n) is 17.1. The fraction of sp³-hybridized carbons (Fsp3) is 0.261. The molecule has 1 aliphatic carbocycles. The van der Waals surface area contributed by atoms with E-state index in [9.17, 15) is 22.8 Å². The zero-order valence-corrected chi connectivity index (χ0v) is 17.1. The molecule has 9 heteroatoms. The average molecular weight is 443 g/mol. The first-order valence-electron chi connectivity index (χ1n) is 9.95. The average Bonchev–Trinajstić information content (AvgIpc) is 2.78. The van der Waals surface area contributed by atoms with Crippen molar-refractivity contribution in [3.63, 3.8) is 0 Å². The molecule has 2 N–H and O–H groups in total. The van der Waals surface area contributed by atoms with Crippen molar-refractivity contribution in [2.75, 3.05) is 12.0 Å². The van der Waals surface area contributed by atoms with Crippen molar-refractivity contribution >= 4 is 17.4 Å². The van der Waals surface area contributed by atoms with Crippen LogP contribution in [0.2, 0.25) is 0 Å². The number of benzene rings is 1. The highest BCUT2D eigenvalue weighted by Gasteiger charge is 2.43. The van der Waals surface area contributed by atoms with Crippen LogP contribution in [-0.2, 0) is 20.5 Å². The third-order valence-electron chi connectivity index (χ3n) is 5.65. The topological polar surface area (TPSA) is 85.5 Å². The van der Waals surface area contributed by atoms with Crippen LogP contribution in [0, 0.1) is 0 Å². The van der Waals surface area contributed by atoms with Crippen molar-refractivity contribution < 1.29 is 27.5 Å². The first-order valence-corrected chi connectivity index (χ1v) is 9.95. The van der Waals surface area contributed by atoms with Crippen LogP contribution < -0.4 is 10.6 Å². The van der Waals surface area contributed by atoms with Crippen LogP contribution in [0.3, 0.4) is 0 Å². The van der Waals surface area contributed by atoms with Gasteiger partial charge in [-0.15, -0.1) is 0 Å². The van der Waals surface area contributed by atoms with E-state index in [4.69, 9.17) is 10.5 Å². The molecule has 0 fully saturated rings. The number of carbonyl (C=O) groups is 2. The van der Waals surface area contributed by atoms with E-state index in [2.05, 4.69) is 4.98 Å². The van der Waals surface area contributed by atoms with Gasteiger partial charge in [0.15, 0.2) is 5.78 Å². The normalized spacial score (nSPS) is 19.2. The van der Waals surface area contributed by atoms with E-state index in [1.807, 2.05) is 0 Å². The number of halogens is 3. The Hall–Kier alpha value is -3.62. The van der Waals surface area contributed by atoms with Gasteiger partial charge < -0.3 is 10.5 Å². The SMILES string of the molecule is COC(=O)C1=C(N)N(c2cccc(C(F)(F)F)c2)C2=C(C(=O)CCC2)C1c1cccnc1. The molecule has 4 rings (SSSR count). The fourth-order valence-corrected chi connectivity index (χ4v) is 4.29. The lowest BCUT2D eigenvalue weighted by Gasteiger charge is -2.40. The van der Waals surface area contributed by atoms with Gasteiger partial charge >= 0.3 is 12.1 Å². The molecule has 0 bridgehead atoms. The second-order valence-electron chi connectivity index (χ2n) is 7.53. The molecule has 1 aliphatic heterocycles. The molecule has 6 nitrogen and oxygen atoms in total. The molecular formula is C23H20F3N3O3. The minimum atomic E-state index is -4.56. The van der Waals surface area contributed by atoms with Crippen molar-refractivity contribution in [3.8, 4) is 0 Å². The second-order valence-corrected chi connectivity index (χ2v) is 7.53. The highest BCUT2D eigenvalue weighted by atomic mass is 19.4. The predicted molar refractivity (Wildman–Crippen MR) is 110 cm³/mol. The summed E-state index contributed by atoms with van der Waals surface area (Å²) in [5, 5.41) is 0. The van der Waals surface area contributed by atoms with Crippen molar-refractivity contribution in [2.24, 2.45) is 5.73 Å². The van der Waals surface area contributed by atoms with Gasteiger partial charge in [-0.1, -0.05) is 12.1 Å². The maximum Gasteiger partial charge on any atom is 0.416 e. The number of nitrogens with two attached hydrogens (primary N) is 1. The molecule has 32 heavy (non-hydrogen) atoms. The van der Waals surface area contributed by atoms with Crippen LogP contribution in [-0.4, -0.2) is 23.8 Å². The van der Waals surface area contributed by atoms with Gasteiger partial charge in [-0.2, -0.15) is 13.2 Å². The molecule has 1 aromatic carbocycles. The highest BCUT2D eigenvalue weighted by Crippen LogP contribution is 2.47. The molecular weight excluding hydrogens is 423 g/mol. The number of aromatic nitrogens is 1. The molecule has 1 unspecified atom stereocenters. The van der Waals surface area contributed by atoms with E-state index in [0.29, 0.717) is 29.7 Å². The number of anilines is 1. The fourth-order valence-electron chi connectivity index (χ4n) is 4.29. The summed E-state index contributed by atoms with van der Waals surface area (Å²) in [6.45, 7) is 0. The third-order valence-corrected chi connectivity index (χ3v) is 5.65. The van der Waals surface area contributed by atoms with Gasteiger partial charge in [0.05, 0.1) is 24.2 Å². The Morgan fingerprint density at radius 1 is 1.22 bits per heavy atom. The highest BCUT2D eigenvalue weighted by molar-refractivity contribution is 6.05. The van der Waals surface area contributed by atoms with E-state index >= 15 is 0 Å². The molecule has 0 amide bonds. The summed E-state index contributed by atoms with van der Waals surface area (Å²) in [7, 11) is 1.18. The molecule has 1 atom stereocenters. The Bertz CT molecular complexity index is 1140. The van der Waals surface area contributed by atoms with E-state index in [1.165, 1.54) is 30.3 Å². The van der Waals surface area contributed by atoms with Gasteiger partial charge in [0.2, 0.25) is 0 Å². The minimum absolute atomic E-state index is 0.00749. The molecule has 0 saturated heterocycles. The Balaban J connectivity index is 1.99. The van der Waals surface area contributed by atoms with Crippen LogP contribution in [0.1, 0.15) is 36.3 Å². The maximum absolute atomic E-state index is 13.4. The lowest BCUT2D eigenvalue weighted by molar-refractivity contribution is -0.138. The van der Waals surface area contributed by atoms with Crippen LogP contribution in [0.25, 0.3) is 0 Å². The first-order chi connectivity index (χ1) is 15.2. The summed E-state index contributed by atoms with van der Waals surface area (Å²) in [5.74, 6) is -1.84. The van der Waals surface area contributed by atoms with Crippen LogP contribution in [0.5, 0.6) is 0 Å². The summed E-state index contributed by atoms with van der Waals surface area (Å²) in [4.78, 5) is 31.4. The number of rotatable bonds is 3. The number of pyridine rings is 1. The van der Waals surface area contributed by atoms with Crippen molar-refractivity contribution in [2.45, 2.75) is 31.4 Å². The van der Waals surface area contributed by atoms with Gasteiger partial charge in [0.1, 0.15) is 5.82 Å². The number of ether oxygens (including phenoxy) is 1. The smallest absolute Gasteiger partial charge is 0.416 e. The van der Waals surface area contributed by atoms with Crippen LogP contribution in [0.15, 0.2) is 71.5 Å². The van der Waals surface area contributed by atoms with Gasteiger partial charge in [0.25, 0.3) is 0 Å². The van der Waals surface area contributed by atoms with E-state index in [-0.39, 0.29) is 29.3 Å². The molecule has 166 valence electrons. The number of allylic oxidation sites excluding steroid dienone is 2. The number of alkyl halides is 3. The van der Waals surface area contributed by atoms with Crippen LogP contribution in [0.4, 0.5) is 18.9 Å². The molecule has 2 heterocycles. The van der Waals surface area contributed by atoms with Gasteiger partial charge in [0, 0.05) is 35.8 Å². The van der Waals surface area contributed by atoms with Crippen LogP contribution >= 0.6 is 0 Å². The largest absolute Gasteiger partial charge is 0.466 e. The van der Waals surface area contributed by atoms with Gasteiger partial charge in [-0.05, 0) is 42.7 Å². The van der Waals surface area contributed by atoms with Gasteiger partial charge in [-0.3, -0.25) is 14.7 Å². The number of nitrogens with zero attached hydrogens (tertiary/aromatic N) is 2. The zero-order chi connectivity index (χ0) is 23.0. The Morgan fingerprint density at radius 3 is 2.66 bits per heavy atom. The Kier molecular flexibility index (Phi) is 5.50. The summed E-state index contributed by atoms with van der Waals surface area (Å²) in [6.07, 6.45) is -0.262. The summed E-state index contributed by atoms with van der Waals surface area (Å²) >= 11 is 0. The predicted octanol–water partition coefficient (Wildman–Crippen LogP) is 4.05. The molecule has 1 aromatic heterocycles. The molecule has 2 aromatic rings. The van der Waals surface area contributed by atoms with E-state index in [1.54, 1.807) is 18.3 Å². The standard InChI is InChI=1S/C23H20F3N3O3/c1-32-22(31)20-18(13-5-4-10-28-12-13)19-16(8-3-9-17(19)30)29(21(20)27)15-7-2-6-14(11-15)23(24,25)26/h2,4-7,10-12,18H,3,8-9,27H2,1H3. The quantitative estimate of drug-likeness (QED) is 0.721. The minimum Gasteiger partial charge on any atom is -0.466 e. The van der Waals surface area contributed by atoms with Crippen molar-refractivity contribution in [3.05, 3.63) is 82.6 Å². The summed E-state index contributed by atoms with van der Waals surface area (Å²) in [5.41, 5.74) is 7.06. The van der Waals surface area contributed by atoms with E-state index in [0.717, 1.165) is 12.1 Å². The first kappa shape index (κ1) is 21.6. The number of hydrogen-bond acceptors (Lipinski definition) is 6. The maximum atomic E-state index is 13.4. The number of esters is 1.